The lowest BCUT2D eigenvalue weighted by atomic mass is 9.90. The van der Waals surface area contributed by atoms with E-state index in [-0.39, 0.29) is 23.9 Å². The highest BCUT2D eigenvalue weighted by Gasteiger charge is 2.42. The summed E-state index contributed by atoms with van der Waals surface area (Å²) in [4.78, 5) is 11.4. The second-order valence-electron chi connectivity index (χ2n) is 3.74. The van der Waals surface area contributed by atoms with Gasteiger partial charge < -0.3 is 4.74 Å². The Balaban J connectivity index is 2.15. The Morgan fingerprint density at radius 1 is 1.00 bits per heavy atom. The van der Waals surface area contributed by atoms with Crippen LogP contribution in [-0.2, 0) is 9.53 Å². The molecule has 13 heavy (non-hydrogen) atoms. The van der Waals surface area contributed by atoms with Crippen molar-refractivity contribution in [1.29, 1.82) is 0 Å². The zero-order valence-corrected chi connectivity index (χ0v) is 7.09. The molecule has 0 spiro atoms. The average Bonchev–Trinajstić information content (AvgIpc) is 2.29. The van der Waals surface area contributed by atoms with E-state index in [1.807, 2.05) is 12.2 Å². The largest absolute Gasteiger partial charge is 0.457 e. The Morgan fingerprint density at radius 2 is 1.77 bits per heavy atom. The zero-order valence-electron chi connectivity index (χ0n) is 7.09. The van der Waals surface area contributed by atoms with Gasteiger partial charge in [-0.05, 0) is 6.08 Å². The van der Waals surface area contributed by atoms with Gasteiger partial charge in [0.1, 0.15) is 6.10 Å². The van der Waals surface area contributed by atoms with E-state index >= 15 is 0 Å². The molecule has 0 aromatic heterocycles. The van der Waals surface area contributed by atoms with Crippen molar-refractivity contribution in [3.63, 3.8) is 0 Å². The number of carbonyl (C=O) groups excluding carboxylic acids is 1. The molecule has 0 radical (unpaired) electrons. The maximum atomic E-state index is 11.4. The van der Waals surface area contributed by atoms with Crippen LogP contribution in [0.3, 0.4) is 0 Å². The van der Waals surface area contributed by atoms with Gasteiger partial charge in [0.2, 0.25) is 0 Å². The molecule has 2 aliphatic carbocycles. The zero-order chi connectivity index (χ0) is 8.84. The predicted molar refractivity (Wildman–Crippen MR) is 47.8 cm³/mol. The highest BCUT2D eigenvalue weighted by Crippen LogP contribution is 2.36. The first kappa shape index (κ1) is 7.13. The van der Waals surface area contributed by atoms with Crippen molar-refractivity contribution in [2.75, 3.05) is 0 Å². The van der Waals surface area contributed by atoms with Crippen LogP contribution in [-0.4, -0.2) is 12.1 Å². The van der Waals surface area contributed by atoms with E-state index in [1.165, 1.54) is 0 Å². The predicted octanol–water partition coefficient (Wildman–Crippen LogP) is 1.46. The molecule has 0 aromatic rings. The van der Waals surface area contributed by atoms with Gasteiger partial charge in [0, 0.05) is 11.8 Å². The van der Waals surface area contributed by atoms with Crippen molar-refractivity contribution in [3.05, 3.63) is 36.5 Å². The minimum atomic E-state index is -0.0805. The summed E-state index contributed by atoms with van der Waals surface area (Å²) in [6, 6.07) is 0. The monoisotopic (exact) mass is 174 g/mol. The van der Waals surface area contributed by atoms with Gasteiger partial charge in [-0.25, -0.2) is 0 Å². The first-order chi connectivity index (χ1) is 6.34. The summed E-state index contributed by atoms with van der Waals surface area (Å²) in [5, 5.41) is 0. The molecule has 1 fully saturated rings. The van der Waals surface area contributed by atoms with Gasteiger partial charge in [-0.3, -0.25) is 4.79 Å². The van der Waals surface area contributed by atoms with Crippen molar-refractivity contribution < 1.29 is 9.53 Å². The summed E-state index contributed by atoms with van der Waals surface area (Å²) in [5.41, 5.74) is 0. The van der Waals surface area contributed by atoms with Crippen molar-refractivity contribution in [2.45, 2.75) is 6.10 Å². The number of hydrogen-bond acceptors (Lipinski definition) is 2. The Bertz CT molecular complexity index is 330. The third-order valence-electron chi connectivity index (χ3n) is 2.94. The fourth-order valence-electron chi connectivity index (χ4n) is 2.19. The Kier molecular flexibility index (Phi) is 1.29. The van der Waals surface area contributed by atoms with Crippen LogP contribution >= 0.6 is 0 Å². The molecule has 1 heterocycles. The molecule has 66 valence electrons. The van der Waals surface area contributed by atoms with Crippen LogP contribution in [0.15, 0.2) is 36.5 Å². The van der Waals surface area contributed by atoms with Crippen molar-refractivity contribution in [3.8, 4) is 0 Å². The molecule has 1 saturated heterocycles. The summed E-state index contributed by atoms with van der Waals surface area (Å²) in [6.07, 6.45) is 12.4. The summed E-state index contributed by atoms with van der Waals surface area (Å²) in [7, 11) is 0. The summed E-state index contributed by atoms with van der Waals surface area (Å²) < 4.78 is 5.25. The molecule has 2 heteroatoms. The fourth-order valence-corrected chi connectivity index (χ4v) is 2.19. The van der Waals surface area contributed by atoms with Crippen LogP contribution in [0.25, 0.3) is 0 Å². The number of fused-ring (bicyclic) bond motifs is 1. The smallest absolute Gasteiger partial charge is 0.314 e. The van der Waals surface area contributed by atoms with Crippen LogP contribution < -0.4 is 0 Å². The van der Waals surface area contributed by atoms with E-state index in [1.54, 1.807) is 0 Å². The lowest BCUT2D eigenvalue weighted by Crippen LogP contribution is -2.15. The first-order valence-corrected chi connectivity index (χ1v) is 4.60. The second kappa shape index (κ2) is 2.34. The molecular weight excluding hydrogens is 164 g/mol. The fraction of sp³-hybridized carbons (Fsp3) is 0.364. The van der Waals surface area contributed by atoms with E-state index in [0.717, 1.165) is 0 Å². The topological polar surface area (TPSA) is 26.3 Å². The molecule has 4 atom stereocenters. The molecular formula is C11H10O2. The first-order valence-electron chi connectivity index (χ1n) is 4.60. The van der Waals surface area contributed by atoms with E-state index in [9.17, 15) is 4.79 Å². The van der Waals surface area contributed by atoms with Gasteiger partial charge in [0.05, 0.1) is 5.92 Å². The summed E-state index contributed by atoms with van der Waals surface area (Å²) in [5.74, 6) is 0.457. The lowest BCUT2D eigenvalue weighted by molar-refractivity contribution is -0.141. The van der Waals surface area contributed by atoms with Crippen LogP contribution in [0.5, 0.6) is 0 Å². The summed E-state index contributed by atoms with van der Waals surface area (Å²) >= 11 is 0. The van der Waals surface area contributed by atoms with E-state index < -0.39 is 0 Å². The molecule has 0 saturated carbocycles. The number of ether oxygens (including phenoxy) is 1. The van der Waals surface area contributed by atoms with Gasteiger partial charge >= 0.3 is 5.97 Å². The highest BCUT2D eigenvalue weighted by atomic mass is 16.6. The molecule has 1 aliphatic heterocycles. The SMILES string of the molecule is O=C1O[C@H]2C=C[C@@H]3C=C[C@@H]2[C@@H]1C=C3. The van der Waals surface area contributed by atoms with E-state index in [2.05, 4.69) is 24.3 Å². The molecule has 3 rings (SSSR count). The Hall–Kier alpha value is -1.31. The number of rotatable bonds is 0. The standard InChI is InChI=1S/C11H10O2/c12-11-9-5-2-7-1-4-8(9)10(13-11)6-3-7/h1-10H/t7-,8-,9+,10+/m1/s1. The van der Waals surface area contributed by atoms with E-state index in [0.29, 0.717) is 5.92 Å². The van der Waals surface area contributed by atoms with Gasteiger partial charge in [0.25, 0.3) is 0 Å². The lowest BCUT2D eigenvalue weighted by Gasteiger charge is -2.10. The van der Waals surface area contributed by atoms with Crippen LogP contribution in [0.1, 0.15) is 0 Å². The summed E-state index contributed by atoms with van der Waals surface area (Å²) in [6.45, 7) is 0. The quantitative estimate of drug-likeness (QED) is 0.410. The van der Waals surface area contributed by atoms with Crippen LogP contribution in [0.2, 0.25) is 0 Å². The molecule has 0 amide bonds. The van der Waals surface area contributed by atoms with Gasteiger partial charge in [-0.15, -0.1) is 0 Å². The highest BCUT2D eigenvalue weighted by molar-refractivity contribution is 5.78. The minimum Gasteiger partial charge on any atom is -0.457 e. The molecule has 3 aliphatic rings. The van der Waals surface area contributed by atoms with Crippen molar-refractivity contribution in [2.24, 2.45) is 17.8 Å². The normalized spacial score (nSPS) is 44.8. The molecule has 2 bridgehead atoms. The molecule has 0 aromatic carbocycles. The van der Waals surface area contributed by atoms with Gasteiger partial charge in [-0.1, -0.05) is 30.4 Å². The molecule has 2 nitrogen and oxygen atoms in total. The van der Waals surface area contributed by atoms with Crippen LogP contribution in [0, 0.1) is 17.8 Å². The Labute approximate surface area is 76.6 Å². The average molecular weight is 174 g/mol. The second-order valence-corrected chi connectivity index (χ2v) is 3.74. The van der Waals surface area contributed by atoms with E-state index in [4.69, 9.17) is 4.74 Å². The molecule has 0 N–H and O–H groups in total. The van der Waals surface area contributed by atoms with Crippen molar-refractivity contribution in [1.82, 2.24) is 0 Å². The van der Waals surface area contributed by atoms with Crippen molar-refractivity contribution >= 4 is 5.97 Å². The van der Waals surface area contributed by atoms with Gasteiger partial charge in [0.15, 0.2) is 0 Å². The number of carbonyl (C=O) groups is 1. The molecule has 0 unspecified atom stereocenters. The minimum absolute atomic E-state index is 0.0244. The number of allylic oxidation sites excluding steroid dienone is 3. The van der Waals surface area contributed by atoms with Crippen LogP contribution in [0.4, 0.5) is 0 Å². The maximum absolute atomic E-state index is 11.4. The van der Waals surface area contributed by atoms with Gasteiger partial charge in [-0.2, -0.15) is 0 Å². The Morgan fingerprint density at radius 3 is 2.69 bits per heavy atom. The number of esters is 1. The third-order valence-corrected chi connectivity index (χ3v) is 2.94. The number of hydrogen-bond donors (Lipinski definition) is 0. The maximum Gasteiger partial charge on any atom is 0.314 e. The third kappa shape index (κ3) is 0.916.